The average molecular weight is 295 g/mol. The Hall–Kier alpha value is -1.60. The molecular formula is C21H29N. The summed E-state index contributed by atoms with van der Waals surface area (Å²) in [7, 11) is 2.27. The van der Waals surface area contributed by atoms with Crippen LogP contribution in [-0.2, 0) is 6.42 Å². The van der Waals surface area contributed by atoms with Crippen molar-refractivity contribution in [2.75, 3.05) is 13.6 Å². The first-order valence-electron chi connectivity index (χ1n) is 8.60. The van der Waals surface area contributed by atoms with Gasteiger partial charge in [0.1, 0.15) is 0 Å². The minimum Gasteiger partial charge on any atom is -0.299 e. The zero-order valence-corrected chi connectivity index (χ0v) is 14.0. The molecule has 0 fully saturated rings. The van der Waals surface area contributed by atoms with Crippen LogP contribution in [-0.4, -0.2) is 18.5 Å². The molecule has 0 aliphatic carbocycles. The second-order valence-electron chi connectivity index (χ2n) is 6.14. The number of hydrogen-bond acceptors (Lipinski definition) is 1. The highest BCUT2D eigenvalue weighted by molar-refractivity contribution is 5.19. The van der Waals surface area contributed by atoms with E-state index in [0.29, 0.717) is 6.04 Å². The maximum atomic E-state index is 2.53. The highest BCUT2D eigenvalue weighted by Crippen LogP contribution is 2.25. The summed E-state index contributed by atoms with van der Waals surface area (Å²) in [6, 6.07) is 22.3. The van der Waals surface area contributed by atoms with Gasteiger partial charge in [0.25, 0.3) is 0 Å². The first kappa shape index (κ1) is 16.8. The van der Waals surface area contributed by atoms with Gasteiger partial charge in [-0.1, -0.05) is 86.8 Å². The lowest BCUT2D eigenvalue weighted by molar-refractivity contribution is 0.231. The van der Waals surface area contributed by atoms with Crippen molar-refractivity contribution in [3.05, 3.63) is 71.8 Å². The standard InChI is InChI=1S/C21H29N/c1-3-4-7-16-21(20-14-10-6-11-15-20)22(2)18-17-19-12-8-5-9-13-19/h5-6,8-15,21H,3-4,7,16-18H2,1-2H3. The number of nitrogens with zero attached hydrogens (tertiary/aromatic N) is 1. The van der Waals surface area contributed by atoms with Crippen LogP contribution in [0, 0.1) is 0 Å². The summed E-state index contributed by atoms with van der Waals surface area (Å²) in [5, 5.41) is 0. The van der Waals surface area contributed by atoms with Crippen molar-refractivity contribution in [3.8, 4) is 0 Å². The molecular weight excluding hydrogens is 266 g/mol. The van der Waals surface area contributed by atoms with Crippen molar-refractivity contribution in [3.63, 3.8) is 0 Å². The minimum absolute atomic E-state index is 0.538. The van der Waals surface area contributed by atoms with Crippen molar-refractivity contribution in [1.29, 1.82) is 0 Å². The van der Waals surface area contributed by atoms with Crippen LogP contribution in [0.1, 0.15) is 49.8 Å². The van der Waals surface area contributed by atoms with E-state index in [-0.39, 0.29) is 0 Å². The summed E-state index contributed by atoms with van der Waals surface area (Å²) in [5.74, 6) is 0. The van der Waals surface area contributed by atoms with Gasteiger partial charge in [-0.2, -0.15) is 0 Å². The zero-order valence-electron chi connectivity index (χ0n) is 14.0. The summed E-state index contributed by atoms with van der Waals surface area (Å²) in [4.78, 5) is 2.53. The van der Waals surface area contributed by atoms with E-state index < -0.39 is 0 Å². The number of unbranched alkanes of at least 4 members (excludes halogenated alkanes) is 2. The molecule has 22 heavy (non-hydrogen) atoms. The van der Waals surface area contributed by atoms with E-state index in [2.05, 4.69) is 79.5 Å². The smallest absolute Gasteiger partial charge is 0.0345 e. The maximum absolute atomic E-state index is 2.53. The molecule has 1 unspecified atom stereocenters. The van der Waals surface area contributed by atoms with E-state index in [1.165, 1.54) is 36.8 Å². The Kier molecular flexibility index (Phi) is 7.18. The number of hydrogen-bond donors (Lipinski definition) is 0. The molecule has 0 aliphatic rings. The quantitative estimate of drug-likeness (QED) is 0.553. The van der Waals surface area contributed by atoms with E-state index in [1.807, 2.05) is 0 Å². The Morgan fingerprint density at radius 3 is 2.14 bits per heavy atom. The van der Waals surface area contributed by atoms with E-state index in [1.54, 1.807) is 0 Å². The van der Waals surface area contributed by atoms with E-state index in [0.717, 1.165) is 13.0 Å². The Labute approximate surface area is 136 Å². The first-order chi connectivity index (χ1) is 10.8. The number of benzene rings is 2. The van der Waals surface area contributed by atoms with E-state index in [9.17, 15) is 0 Å². The highest BCUT2D eigenvalue weighted by Gasteiger charge is 2.16. The lowest BCUT2D eigenvalue weighted by atomic mass is 9.98. The third kappa shape index (κ3) is 5.31. The normalized spacial score (nSPS) is 12.5. The summed E-state index contributed by atoms with van der Waals surface area (Å²) in [6.45, 7) is 3.38. The average Bonchev–Trinajstić information content (AvgIpc) is 2.58. The van der Waals surface area contributed by atoms with Crippen LogP contribution in [0.4, 0.5) is 0 Å². The monoisotopic (exact) mass is 295 g/mol. The molecule has 0 bridgehead atoms. The van der Waals surface area contributed by atoms with Gasteiger partial charge in [-0.3, -0.25) is 4.90 Å². The molecule has 1 heteroatoms. The van der Waals surface area contributed by atoms with Gasteiger partial charge in [0, 0.05) is 12.6 Å². The van der Waals surface area contributed by atoms with Gasteiger partial charge in [0.05, 0.1) is 0 Å². The lowest BCUT2D eigenvalue weighted by Gasteiger charge is -2.29. The van der Waals surface area contributed by atoms with Gasteiger partial charge >= 0.3 is 0 Å². The third-order valence-electron chi connectivity index (χ3n) is 4.39. The zero-order chi connectivity index (χ0) is 15.6. The SMILES string of the molecule is CCCCCC(c1ccccc1)N(C)CCc1ccccc1. The van der Waals surface area contributed by atoms with Crippen LogP contribution in [0.25, 0.3) is 0 Å². The molecule has 1 atom stereocenters. The largest absolute Gasteiger partial charge is 0.299 e. The Morgan fingerprint density at radius 1 is 0.864 bits per heavy atom. The van der Waals surface area contributed by atoms with Crippen LogP contribution in [0.2, 0.25) is 0 Å². The predicted molar refractivity (Wildman–Crippen MR) is 96.1 cm³/mol. The van der Waals surface area contributed by atoms with Crippen molar-refractivity contribution >= 4 is 0 Å². The molecule has 0 radical (unpaired) electrons. The van der Waals surface area contributed by atoms with Crippen molar-refractivity contribution in [1.82, 2.24) is 4.90 Å². The van der Waals surface area contributed by atoms with Gasteiger partial charge in [0.15, 0.2) is 0 Å². The van der Waals surface area contributed by atoms with Crippen LogP contribution in [0.5, 0.6) is 0 Å². The van der Waals surface area contributed by atoms with Gasteiger partial charge in [0.2, 0.25) is 0 Å². The second-order valence-corrected chi connectivity index (χ2v) is 6.14. The molecule has 0 N–H and O–H groups in total. The van der Waals surface area contributed by atoms with E-state index in [4.69, 9.17) is 0 Å². The van der Waals surface area contributed by atoms with Crippen LogP contribution < -0.4 is 0 Å². The maximum Gasteiger partial charge on any atom is 0.0345 e. The molecule has 0 aliphatic heterocycles. The van der Waals surface area contributed by atoms with Crippen molar-refractivity contribution < 1.29 is 0 Å². The molecule has 118 valence electrons. The first-order valence-corrected chi connectivity index (χ1v) is 8.60. The molecule has 0 aromatic heterocycles. The molecule has 2 rings (SSSR count). The topological polar surface area (TPSA) is 3.24 Å². The number of likely N-dealkylation sites (N-methyl/N-ethyl adjacent to an activating group) is 1. The Morgan fingerprint density at radius 2 is 1.50 bits per heavy atom. The summed E-state index contributed by atoms with van der Waals surface area (Å²) < 4.78 is 0. The minimum atomic E-state index is 0.538. The molecule has 2 aromatic carbocycles. The number of rotatable bonds is 9. The summed E-state index contributed by atoms with van der Waals surface area (Å²) in [5.41, 5.74) is 2.88. The predicted octanol–water partition coefficient (Wildman–Crippen LogP) is 5.48. The van der Waals surface area contributed by atoms with Crippen LogP contribution in [0.15, 0.2) is 60.7 Å². The molecule has 0 amide bonds. The highest BCUT2D eigenvalue weighted by atomic mass is 15.1. The molecule has 1 nitrogen and oxygen atoms in total. The molecule has 0 heterocycles. The fourth-order valence-corrected chi connectivity index (χ4v) is 3.01. The van der Waals surface area contributed by atoms with Gasteiger partial charge in [-0.25, -0.2) is 0 Å². The van der Waals surface area contributed by atoms with Crippen molar-refractivity contribution in [2.24, 2.45) is 0 Å². The van der Waals surface area contributed by atoms with Crippen molar-refractivity contribution in [2.45, 2.75) is 45.1 Å². The van der Waals surface area contributed by atoms with Gasteiger partial charge in [-0.15, -0.1) is 0 Å². The summed E-state index contributed by atoms with van der Waals surface area (Å²) in [6.07, 6.45) is 6.30. The molecule has 0 saturated heterocycles. The Bertz CT molecular complexity index is 506. The lowest BCUT2D eigenvalue weighted by Crippen LogP contribution is -2.27. The fourth-order valence-electron chi connectivity index (χ4n) is 3.01. The Balaban J connectivity index is 1.97. The molecule has 2 aromatic rings. The molecule has 0 saturated carbocycles. The third-order valence-corrected chi connectivity index (χ3v) is 4.39. The van der Waals surface area contributed by atoms with Crippen LogP contribution >= 0.6 is 0 Å². The van der Waals surface area contributed by atoms with Gasteiger partial charge in [-0.05, 0) is 31.0 Å². The molecule has 0 spiro atoms. The fraction of sp³-hybridized carbons (Fsp3) is 0.429. The summed E-state index contributed by atoms with van der Waals surface area (Å²) >= 11 is 0. The van der Waals surface area contributed by atoms with E-state index >= 15 is 0 Å². The second kappa shape index (κ2) is 9.42. The van der Waals surface area contributed by atoms with Crippen LogP contribution in [0.3, 0.4) is 0 Å². The van der Waals surface area contributed by atoms with Gasteiger partial charge < -0.3 is 0 Å².